The van der Waals surface area contributed by atoms with E-state index in [-0.39, 0.29) is 16.4 Å². The Hall–Kier alpha value is -2.56. The molecule has 3 aromatic rings. The third-order valence-corrected chi connectivity index (χ3v) is 6.29. The molecular formula is C16H13ClN4O4S2. The minimum absolute atomic E-state index is 0.0134. The number of aromatic nitrogens is 2. The molecule has 140 valence electrons. The molecule has 4 rings (SSSR count). The van der Waals surface area contributed by atoms with Crippen molar-refractivity contribution in [2.45, 2.75) is 11.4 Å². The number of halogens is 1. The molecule has 0 amide bonds. The number of ether oxygens (including phenoxy) is 1. The van der Waals surface area contributed by atoms with Crippen molar-refractivity contribution in [1.82, 2.24) is 9.10 Å². The number of anilines is 1. The Kier molecular flexibility index (Phi) is 4.54. The number of sulfonamides is 1. The van der Waals surface area contributed by atoms with Crippen LogP contribution in [-0.4, -0.2) is 29.5 Å². The number of fused-ring (bicyclic) bond motifs is 1. The quantitative estimate of drug-likeness (QED) is 0.646. The van der Waals surface area contributed by atoms with E-state index in [0.29, 0.717) is 33.0 Å². The highest BCUT2D eigenvalue weighted by Crippen LogP contribution is 2.37. The van der Waals surface area contributed by atoms with Crippen molar-refractivity contribution in [2.75, 3.05) is 11.6 Å². The molecule has 0 bridgehead atoms. The van der Waals surface area contributed by atoms with Crippen LogP contribution in [0.15, 0.2) is 58.1 Å². The summed E-state index contributed by atoms with van der Waals surface area (Å²) in [7, 11) is -3.98. The average molecular weight is 425 g/mol. The highest BCUT2D eigenvalue weighted by Gasteiger charge is 2.24. The maximum absolute atomic E-state index is 12.5. The van der Waals surface area contributed by atoms with Gasteiger partial charge in [0.15, 0.2) is 6.73 Å². The molecule has 1 N–H and O–H groups in total. The highest BCUT2D eigenvalue weighted by molar-refractivity contribution is 7.90. The minimum atomic E-state index is -3.98. The van der Waals surface area contributed by atoms with E-state index in [2.05, 4.69) is 9.38 Å². The molecule has 0 radical (unpaired) electrons. The van der Waals surface area contributed by atoms with Gasteiger partial charge in [-0.05, 0) is 23.8 Å². The average Bonchev–Trinajstić information content (AvgIpc) is 3.22. The fourth-order valence-corrected chi connectivity index (χ4v) is 4.47. The number of nitrogens with zero attached hydrogens (tertiary/aromatic N) is 4. The van der Waals surface area contributed by atoms with Gasteiger partial charge in [-0.1, -0.05) is 29.8 Å². The Morgan fingerprint density at radius 1 is 1.30 bits per heavy atom. The van der Waals surface area contributed by atoms with E-state index < -0.39 is 10.0 Å². The van der Waals surface area contributed by atoms with Gasteiger partial charge in [0.1, 0.15) is 12.1 Å². The van der Waals surface area contributed by atoms with Gasteiger partial charge in [-0.25, -0.2) is 4.98 Å². The van der Waals surface area contributed by atoms with Gasteiger partial charge in [-0.3, -0.25) is 0 Å². The van der Waals surface area contributed by atoms with Gasteiger partial charge >= 0.3 is 0 Å². The molecule has 0 atom stereocenters. The molecule has 0 saturated heterocycles. The first-order valence-electron chi connectivity index (χ1n) is 7.73. The zero-order valence-corrected chi connectivity index (χ0v) is 16.1. The second kappa shape index (κ2) is 6.87. The summed E-state index contributed by atoms with van der Waals surface area (Å²) in [6, 6.07) is 12.1. The molecule has 27 heavy (non-hydrogen) atoms. The monoisotopic (exact) mass is 424 g/mol. The predicted octanol–water partition coefficient (Wildman–Crippen LogP) is 2.48. The van der Waals surface area contributed by atoms with Crippen LogP contribution < -0.4 is 14.4 Å². The molecule has 8 nitrogen and oxygen atoms in total. The van der Waals surface area contributed by atoms with Gasteiger partial charge in [0.25, 0.3) is 10.0 Å². The van der Waals surface area contributed by atoms with Gasteiger partial charge < -0.3 is 14.8 Å². The van der Waals surface area contributed by atoms with Crippen LogP contribution in [0.4, 0.5) is 5.69 Å². The number of hydrogen-bond donors (Lipinski definition) is 1. The van der Waals surface area contributed by atoms with E-state index >= 15 is 0 Å². The second-order valence-electron chi connectivity index (χ2n) is 5.68. The molecule has 11 heteroatoms. The summed E-state index contributed by atoms with van der Waals surface area (Å²) in [5.41, 5.74) is 1.72. The van der Waals surface area contributed by atoms with E-state index in [1.54, 1.807) is 6.07 Å². The third-order valence-electron chi connectivity index (χ3n) is 3.91. The molecule has 0 saturated carbocycles. The molecule has 1 aliphatic heterocycles. The van der Waals surface area contributed by atoms with Crippen LogP contribution in [0.1, 0.15) is 5.56 Å². The van der Waals surface area contributed by atoms with Crippen LogP contribution >= 0.6 is 23.1 Å². The fourth-order valence-electron chi connectivity index (χ4n) is 2.64. The Balaban J connectivity index is 1.63. The number of hydrogen-bond acceptors (Lipinski definition) is 7. The first-order valence-corrected chi connectivity index (χ1v) is 10.3. The summed E-state index contributed by atoms with van der Waals surface area (Å²) in [4.78, 5) is 5.57. The van der Waals surface area contributed by atoms with Crippen molar-refractivity contribution >= 4 is 38.8 Å². The summed E-state index contributed by atoms with van der Waals surface area (Å²) in [6.45, 7) is 0.830. The summed E-state index contributed by atoms with van der Waals surface area (Å²) in [5.74, 6) is 0.453. The van der Waals surface area contributed by atoms with E-state index in [0.717, 1.165) is 17.6 Å². The van der Waals surface area contributed by atoms with Gasteiger partial charge in [-0.2, -0.15) is 8.42 Å². The molecule has 1 aromatic heterocycles. The SMILES string of the molecule is O=S(=O)(N=c1ncn(O)s1)c1ccc2c(c1)OCN2Cc1ccccc1Cl. The van der Waals surface area contributed by atoms with Gasteiger partial charge in [0, 0.05) is 29.2 Å². The van der Waals surface area contributed by atoms with Crippen LogP contribution in [0.3, 0.4) is 0 Å². The van der Waals surface area contributed by atoms with Crippen molar-refractivity contribution in [3.8, 4) is 5.75 Å². The molecular weight excluding hydrogens is 412 g/mol. The highest BCUT2D eigenvalue weighted by atomic mass is 35.5. The molecule has 1 aliphatic rings. The number of benzene rings is 2. The van der Waals surface area contributed by atoms with E-state index in [1.807, 2.05) is 29.2 Å². The lowest BCUT2D eigenvalue weighted by atomic mass is 10.2. The largest absolute Gasteiger partial charge is 0.471 e. The molecule has 0 aliphatic carbocycles. The van der Waals surface area contributed by atoms with Gasteiger partial charge in [0.05, 0.1) is 10.6 Å². The van der Waals surface area contributed by atoms with Crippen molar-refractivity contribution in [2.24, 2.45) is 4.40 Å². The predicted molar refractivity (Wildman–Crippen MR) is 99.6 cm³/mol. The summed E-state index contributed by atoms with van der Waals surface area (Å²) in [6.07, 6.45) is 1.07. The molecule has 0 unspecified atom stereocenters. The van der Waals surface area contributed by atoms with Gasteiger partial charge in [-0.15, -0.1) is 8.52 Å². The molecule has 2 aromatic carbocycles. The molecule has 0 fully saturated rings. The Labute approximate surface area is 163 Å². The Morgan fingerprint density at radius 2 is 2.11 bits per heavy atom. The van der Waals surface area contributed by atoms with Crippen LogP contribution in [0.25, 0.3) is 0 Å². The lowest BCUT2D eigenvalue weighted by Gasteiger charge is -2.17. The Morgan fingerprint density at radius 3 is 2.85 bits per heavy atom. The zero-order valence-electron chi connectivity index (χ0n) is 13.7. The van der Waals surface area contributed by atoms with Crippen LogP contribution in [-0.2, 0) is 16.6 Å². The maximum atomic E-state index is 12.5. The Bertz CT molecular complexity index is 1170. The topological polar surface area (TPSA) is 97.0 Å². The van der Waals surface area contributed by atoms with Crippen molar-refractivity contribution in [1.29, 1.82) is 0 Å². The standard InChI is InChI=1S/C16H13ClN4O4S2/c17-13-4-2-1-3-11(13)8-20-10-25-15-7-12(5-6-14(15)20)27(23,24)19-16-18-9-21(22)26-16/h1-7,9,22H,8,10H2. The number of rotatable bonds is 4. The lowest BCUT2D eigenvalue weighted by molar-refractivity contribution is 0.216. The maximum Gasteiger partial charge on any atom is 0.285 e. The van der Waals surface area contributed by atoms with E-state index in [9.17, 15) is 13.6 Å². The van der Waals surface area contributed by atoms with Crippen molar-refractivity contribution in [3.63, 3.8) is 0 Å². The van der Waals surface area contributed by atoms with E-state index in [4.69, 9.17) is 16.3 Å². The first-order chi connectivity index (χ1) is 12.9. The summed E-state index contributed by atoms with van der Waals surface area (Å²) < 4.78 is 34.8. The van der Waals surface area contributed by atoms with Gasteiger partial charge in [0.2, 0.25) is 4.80 Å². The second-order valence-corrected chi connectivity index (χ2v) is 8.61. The van der Waals surface area contributed by atoms with Crippen LogP contribution in [0.5, 0.6) is 5.75 Å². The zero-order chi connectivity index (χ0) is 19.0. The molecule has 2 heterocycles. The lowest BCUT2D eigenvalue weighted by Crippen LogP contribution is -2.21. The van der Waals surface area contributed by atoms with E-state index in [1.165, 1.54) is 12.1 Å². The van der Waals surface area contributed by atoms with Crippen molar-refractivity contribution in [3.05, 3.63) is 64.2 Å². The fraction of sp³-hybridized carbons (Fsp3) is 0.125. The third kappa shape index (κ3) is 3.64. The minimum Gasteiger partial charge on any atom is -0.471 e. The summed E-state index contributed by atoms with van der Waals surface area (Å²) in [5, 5.41) is 9.86. The van der Waals surface area contributed by atoms with Crippen LogP contribution in [0, 0.1) is 0 Å². The normalized spacial score (nSPS) is 14.3. The first kappa shape index (κ1) is 17.8. The van der Waals surface area contributed by atoms with Crippen molar-refractivity contribution < 1.29 is 18.4 Å². The van der Waals surface area contributed by atoms with Crippen LogP contribution in [0.2, 0.25) is 5.02 Å². The smallest absolute Gasteiger partial charge is 0.285 e. The molecule has 0 spiro atoms. The summed E-state index contributed by atoms with van der Waals surface area (Å²) >= 11 is 6.91.